The molecule has 2 heterocycles. The van der Waals surface area contributed by atoms with Crippen LogP contribution < -0.4 is 5.32 Å². The van der Waals surface area contributed by atoms with Crippen molar-refractivity contribution < 1.29 is 14.3 Å². The molecule has 1 aliphatic rings. The highest BCUT2D eigenvalue weighted by molar-refractivity contribution is 7.99. The van der Waals surface area contributed by atoms with Gasteiger partial charge < -0.3 is 15.0 Å². The lowest BCUT2D eigenvalue weighted by Gasteiger charge is -2.22. The van der Waals surface area contributed by atoms with Crippen molar-refractivity contribution in [3.05, 3.63) is 45.8 Å². The zero-order chi connectivity index (χ0) is 19.4. The Morgan fingerprint density at radius 3 is 2.61 bits per heavy atom. The molecule has 1 N–H and O–H groups in total. The molecule has 28 heavy (non-hydrogen) atoms. The molecular weight excluding hydrogens is 416 g/mol. The molecular formula is C20H25ClN2O3S2. The standard InChI is InChI=1S/C20H24N2O3S2.ClH/c1-4-25-20(24)17-15-10-11-22(3)12-16(15)27-19(17)21-18(23)13-6-8-14(9-7-13)26-5-2;/h6-9H,4-5,10-12H2,1-3H3,(H,21,23);1H. The molecule has 8 heteroatoms. The number of benzene rings is 1. The van der Waals surface area contributed by atoms with Gasteiger partial charge in [0, 0.05) is 28.4 Å². The summed E-state index contributed by atoms with van der Waals surface area (Å²) in [7, 11) is 2.06. The maximum Gasteiger partial charge on any atom is 0.341 e. The van der Waals surface area contributed by atoms with E-state index in [2.05, 4.69) is 24.2 Å². The molecule has 0 bridgehead atoms. The largest absolute Gasteiger partial charge is 0.462 e. The van der Waals surface area contributed by atoms with Crippen molar-refractivity contribution in [1.82, 2.24) is 4.90 Å². The van der Waals surface area contributed by atoms with E-state index in [-0.39, 0.29) is 24.3 Å². The summed E-state index contributed by atoms with van der Waals surface area (Å²) >= 11 is 3.21. The lowest BCUT2D eigenvalue weighted by Crippen LogP contribution is -2.26. The summed E-state index contributed by atoms with van der Waals surface area (Å²) in [6, 6.07) is 7.53. The summed E-state index contributed by atoms with van der Waals surface area (Å²) in [5.41, 5.74) is 2.12. The number of anilines is 1. The maximum absolute atomic E-state index is 12.7. The zero-order valence-corrected chi connectivity index (χ0v) is 18.7. The molecule has 0 atom stereocenters. The summed E-state index contributed by atoms with van der Waals surface area (Å²) in [4.78, 5) is 29.7. The van der Waals surface area contributed by atoms with E-state index in [0.29, 0.717) is 22.7 Å². The lowest BCUT2D eigenvalue weighted by atomic mass is 10.0. The zero-order valence-electron chi connectivity index (χ0n) is 16.2. The van der Waals surface area contributed by atoms with Crippen LogP contribution in [0.25, 0.3) is 0 Å². The Morgan fingerprint density at radius 1 is 1.25 bits per heavy atom. The Hall–Kier alpha value is -1.54. The second-order valence-corrected chi connectivity index (χ2v) is 8.77. The molecule has 1 aromatic carbocycles. The third-order valence-electron chi connectivity index (χ3n) is 4.38. The molecule has 0 saturated heterocycles. The number of nitrogens with one attached hydrogen (secondary N) is 1. The predicted octanol–water partition coefficient (Wildman–Crippen LogP) is 4.70. The molecule has 0 radical (unpaired) electrons. The van der Waals surface area contributed by atoms with Crippen molar-refractivity contribution in [1.29, 1.82) is 0 Å². The van der Waals surface area contributed by atoms with E-state index < -0.39 is 0 Å². The Morgan fingerprint density at radius 2 is 1.96 bits per heavy atom. The van der Waals surface area contributed by atoms with E-state index >= 15 is 0 Å². The van der Waals surface area contributed by atoms with Gasteiger partial charge in [-0.15, -0.1) is 35.5 Å². The first-order valence-corrected chi connectivity index (χ1v) is 10.9. The fourth-order valence-electron chi connectivity index (χ4n) is 3.08. The average Bonchev–Trinajstić information content (AvgIpc) is 2.99. The van der Waals surface area contributed by atoms with Crippen LogP contribution in [0, 0.1) is 0 Å². The minimum absolute atomic E-state index is 0. The van der Waals surface area contributed by atoms with Crippen LogP contribution in [0.1, 0.15) is 45.0 Å². The highest BCUT2D eigenvalue weighted by Gasteiger charge is 2.28. The number of hydrogen-bond donors (Lipinski definition) is 1. The average molecular weight is 441 g/mol. The van der Waals surface area contributed by atoms with Gasteiger partial charge in [0.25, 0.3) is 5.91 Å². The van der Waals surface area contributed by atoms with Crippen molar-refractivity contribution in [2.24, 2.45) is 0 Å². The van der Waals surface area contributed by atoms with Crippen molar-refractivity contribution in [3.8, 4) is 0 Å². The molecule has 1 aliphatic heterocycles. The normalized spacial score (nSPS) is 13.4. The number of amides is 1. The van der Waals surface area contributed by atoms with Gasteiger partial charge in [-0.25, -0.2) is 4.79 Å². The summed E-state index contributed by atoms with van der Waals surface area (Å²) in [5.74, 6) is 0.425. The minimum atomic E-state index is -0.357. The van der Waals surface area contributed by atoms with E-state index in [1.54, 1.807) is 18.7 Å². The van der Waals surface area contributed by atoms with Gasteiger partial charge in [-0.2, -0.15) is 0 Å². The molecule has 0 saturated carbocycles. The molecule has 5 nitrogen and oxygen atoms in total. The second kappa shape index (κ2) is 10.3. The third-order valence-corrected chi connectivity index (χ3v) is 6.41. The molecule has 0 aliphatic carbocycles. The number of halogens is 1. The van der Waals surface area contributed by atoms with Crippen LogP contribution in [-0.2, 0) is 17.7 Å². The fourth-order valence-corrected chi connectivity index (χ4v) is 5.06. The maximum atomic E-state index is 12.7. The summed E-state index contributed by atoms with van der Waals surface area (Å²) in [5, 5.41) is 3.53. The van der Waals surface area contributed by atoms with Crippen LogP contribution in [-0.4, -0.2) is 42.7 Å². The van der Waals surface area contributed by atoms with Crippen LogP contribution in [0.15, 0.2) is 29.2 Å². The number of carbonyl (C=O) groups is 2. The quantitative estimate of drug-likeness (QED) is 0.521. The van der Waals surface area contributed by atoms with Gasteiger partial charge in [0.15, 0.2) is 0 Å². The summed E-state index contributed by atoms with van der Waals surface area (Å²) < 4.78 is 5.25. The highest BCUT2D eigenvalue weighted by atomic mass is 35.5. The molecule has 3 rings (SSSR count). The summed E-state index contributed by atoms with van der Waals surface area (Å²) in [6.07, 6.45) is 0.787. The van der Waals surface area contributed by atoms with Gasteiger partial charge in [-0.1, -0.05) is 6.92 Å². The van der Waals surface area contributed by atoms with Crippen LogP contribution in [0.2, 0.25) is 0 Å². The second-order valence-electron chi connectivity index (χ2n) is 6.33. The SMILES string of the molecule is CCOC(=O)c1c(NC(=O)c2ccc(SCC)cc2)sc2c1CCN(C)C2.Cl. The summed E-state index contributed by atoms with van der Waals surface area (Å²) in [6.45, 7) is 5.87. The van der Waals surface area contributed by atoms with Crippen molar-refractivity contribution in [2.75, 3.05) is 31.3 Å². The monoisotopic (exact) mass is 440 g/mol. The van der Waals surface area contributed by atoms with Crippen molar-refractivity contribution in [3.63, 3.8) is 0 Å². The van der Waals surface area contributed by atoms with E-state index in [1.807, 2.05) is 24.3 Å². The van der Waals surface area contributed by atoms with E-state index in [0.717, 1.165) is 40.6 Å². The van der Waals surface area contributed by atoms with Crippen molar-refractivity contribution >= 4 is 52.4 Å². The Labute approximate surface area is 180 Å². The Bertz CT molecular complexity index is 837. The van der Waals surface area contributed by atoms with E-state index in [1.165, 1.54) is 11.3 Å². The number of rotatable bonds is 6. The number of esters is 1. The molecule has 0 spiro atoms. The predicted molar refractivity (Wildman–Crippen MR) is 118 cm³/mol. The molecule has 0 fully saturated rings. The number of thioether (sulfide) groups is 1. The first-order chi connectivity index (χ1) is 13.0. The molecule has 0 unspecified atom stereocenters. The number of likely N-dealkylation sites (N-methyl/N-ethyl adjacent to an activating group) is 1. The van der Waals surface area contributed by atoms with Gasteiger partial charge >= 0.3 is 5.97 Å². The number of fused-ring (bicyclic) bond motifs is 1. The van der Waals surface area contributed by atoms with Gasteiger partial charge in [-0.3, -0.25) is 4.79 Å². The first-order valence-electron chi connectivity index (χ1n) is 9.07. The lowest BCUT2D eigenvalue weighted by molar-refractivity contribution is 0.0526. The van der Waals surface area contributed by atoms with Gasteiger partial charge in [0.05, 0.1) is 12.2 Å². The topological polar surface area (TPSA) is 58.6 Å². The minimum Gasteiger partial charge on any atom is -0.462 e. The number of thiophene rings is 1. The fraction of sp³-hybridized carbons (Fsp3) is 0.400. The molecule has 2 aromatic rings. The molecule has 1 amide bonds. The smallest absolute Gasteiger partial charge is 0.341 e. The Balaban J connectivity index is 0.00000280. The number of ether oxygens (including phenoxy) is 1. The van der Waals surface area contributed by atoms with Crippen LogP contribution in [0.5, 0.6) is 0 Å². The van der Waals surface area contributed by atoms with Crippen LogP contribution in [0.3, 0.4) is 0 Å². The number of carbonyl (C=O) groups excluding carboxylic acids is 2. The first kappa shape index (κ1) is 22.7. The van der Waals surface area contributed by atoms with Crippen molar-refractivity contribution in [2.45, 2.75) is 31.7 Å². The van der Waals surface area contributed by atoms with Gasteiger partial charge in [0.2, 0.25) is 0 Å². The molecule has 1 aromatic heterocycles. The van der Waals surface area contributed by atoms with Crippen LogP contribution in [0.4, 0.5) is 5.00 Å². The van der Waals surface area contributed by atoms with Gasteiger partial charge in [-0.05, 0) is 56.0 Å². The van der Waals surface area contributed by atoms with Crippen LogP contribution >= 0.6 is 35.5 Å². The number of nitrogens with zero attached hydrogens (tertiary/aromatic N) is 1. The third kappa shape index (κ3) is 5.08. The van der Waals surface area contributed by atoms with E-state index in [9.17, 15) is 9.59 Å². The Kier molecular flexibility index (Phi) is 8.37. The van der Waals surface area contributed by atoms with Gasteiger partial charge in [0.1, 0.15) is 5.00 Å². The highest BCUT2D eigenvalue weighted by Crippen LogP contribution is 2.37. The van der Waals surface area contributed by atoms with E-state index in [4.69, 9.17) is 4.74 Å². The molecule has 152 valence electrons. The number of hydrogen-bond acceptors (Lipinski definition) is 6.